The van der Waals surface area contributed by atoms with Crippen molar-refractivity contribution in [3.8, 4) is 0 Å². The van der Waals surface area contributed by atoms with Gasteiger partial charge in [-0.2, -0.15) is 0 Å². The Labute approximate surface area is 93.2 Å². The first-order valence-electron chi connectivity index (χ1n) is 4.85. The van der Waals surface area contributed by atoms with Crippen LogP contribution in [-0.2, 0) is 14.3 Å². The molecule has 0 rings (SSSR count). The van der Waals surface area contributed by atoms with Crippen LogP contribution in [0.15, 0.2) is 0 Å². The van der Waals surface area contributed by atoms with Gasteiger partial charge in [0, 0.05) is 0 Å². The quantitative estimate of drug-likeness (QED) is 0.581. The van der Waals surface area contributed by atoms with Crippen molar-refractivity contribution in [2.24, 2.45) is 0 Å². The lowest BCUT2D eigenvalue weighted by Crippen LogP contribution is -2.44. The maximum atomic E-state index is 11.1. The van der Waals surface area contributed by atoms with Crippen molar-refractivity contribution in [2.75, 3.05) is 13.7 Å². The highest BCUT2D eigenvalue weighted by Gasteiger charge is 2.17. The number of ether oxygens (including phenoxy) is 1. The zero-order valence-electron chi connectivity index (χ0n) is 9.28. The van der Waals surface area contributed by atoms with Gasteiger partial charge >= 0.3 is 12.1 Å². The van der Waals surface area contributed by atoms with Crippen LogP contribution < -0.4 is 10.6 Å². The van der Waals surface area contributed by atoms with Gasteiger partial charge in [-0.1, -0.05) is 13.3 Å². The fraction of sp³-hybridized carbons (Fsp3) is 0.667. The Balaban J connectivity index is 3.96. The molecule has 0 aromatic carbocycles. The predicted molar refractivity (Wildman–Crippen MR) is 54.9 cm³/mol. The van der Waals surface area contributed by atoms with Crippen molar-refractivity contribution >= 4 is 18.0 Å². The normalized spacial score (nSPS) is 11.6. The zero-order chi connectivity index (χ0) is 12.6. The molecule has 0 fully saturated rings. The van der Waals surface area contributed by atoms with Gasteiger partial charge in [-0.25, -0.2) is 4.79 Å². The molecule has 16 heavy (non-hydrogen) atoms. The van der Waals surface area contributed by atoms with Crippen molar-refractivity contribution < 1.29 is 24.2 Å². The van der Waals surface area contributed by atoms with E-state index in [-0.39, 0.29) is 6.54 Å². The number of carboxylic acid groups (broad SMARTS) is 1. The molecule has 0 aromatic rings. The number of rotatable bonds is 6. The summed E-state index contributed by atoms with van der Waals surface area (Å²) < 4.78 is 4.21. The molecule has 0 aliphatic rings. The van der Waals surface area contributed by atoms with Crippen LogP contribution in [0.4, 0.5) is 4.79 Å². The molecular formula is C9H16N2O5. The van der Waals surface area contributed by atoms with Crippen LogP contribution in [0.2, 0.25) is 0 Å². The second kappa shape index (κ2) is 7.63. The summed E-state index contributed by atoms with van der Waals surface area (Å²) in [5, 5.41) is 13.2. The monoisotopic (exact) mass is 232 g/mol. The van der Waals surface area contributed by atoms with Gasteiger partial charge in [0.1, 0.15) is 6.04 Å². The smallest absolute Gasteiger partial charge is 0.413 e. The van der Waals surface area contributed by atoms with E-state index in [0.29, 0.717) is 12.8 Å². The van der Waals surface area contributed by atoms with Crippen molar-refractivity contribution in [1.82, 2.24) is 10.6 Å². The van der Waals surface area contributed by atoms with E-state index in [1.165, 1.54) is 0 Å². The topological polar surface area (TPSA) is 105 Å². The molecule has 7 nitrogen and oxygen atoms in total. The van der Waals surface area contributed by atoms with Gasteiger partial charge in [0.2, 0.25) is 5.91 Å². The summed E-state index contributed by atoms with van der Waals surface area (Å²) in [6, 6.07) is -0.784. The van der Waals surface area contributed by atoms with Crippen molar-refractivity contribution in [2.45, 2.75) is 25.8 Å². The second-order valence-corrected chi connectivity index (χ2v) is 3.10. The van der Waals surface area contributed by atoms with Gasteiger partial charge in [-0.15, -0.1) is 0 Å². The highest BCUT2D eigenvalue weighted by Crippen LogP contribution is 1.95. The van der Waals surface area contributed by atoms with Crippen LogP contribution in [0.3, 0.4) is 0 Å². The Morgan fingerprint density at radius 1 is 1.38 bits per heavy atom. The maximum absolute atomic E-state index is 11.1. The summed E-state index contributed by atoms with van der Waals surface area (Å²) in [7, 11) is 1.13. The number of aliphatic carboxylic acids is 1. The molecule has 1 unspecified atom stereocenters. The molecule has 1 atom stereocenters. The lowest BCUT2D eigenvalue weighted by atomic mass is 10.2. The van der Waals surface area contributed by atoms with Crippen LogP contribution >= 0.6 is 0 Å². The molecule has 2 amide bonds. The summed E-state index contributed by atoms with van der Waals surface area (Å²) in [5.41, 5.74) is 0. The van der Waals surface area contributed by atoms with Gasteiger partial charge in [0.05, 0.1) is 13.7 Å². The average Bonchev–Trinajstić information content (AvgIpc) is 2.23. The Morgan fingerprint density at radius 3 is 2.44 bits per heavy atom. The van der Waals surface area contributed by atoms with Crippen molar-refractivity contribution in [3.05, 3.63) is 0 Å². The molecule has 3 N–H and O–H groups in total. The Kier molecular flexibility index (Phi) is 6.86. The van der Waals surface area contributed by atoms with Gasteiger partial charge in [-0.05, 0) is 6.42 Å². The summed E-state index contributed by atoms with van der Waals surface area (Å²) >= 11 is 0. The fourth-order valence-electron chi connectivity index (χ4n) is 1.03. The number of methoxy groups -OCH3 is 1. The zero-order valence-corrected chi connectivity index (χ0v) is 9.28. The first kappa shape index (κ1) is 14.4. The SMILES string of the molecule is CCCC(NCC(=O)NC(=O)OC)C(=O)O. The first-order chi connectivity index (χ1) is 7.51. The minimum Gasteiger partial charge on any atom is -0.480 e. The third-order valence-corrected chi connectivity index (χ3v) is 1.81. The van der Waals surface area contributed by atoms with Crippen LogP contribution in [0.25, 0.3) is 0 Å². The number of hydrogen-bond donors (Lipinski definition) is 3. The molecule has 7 heteroatoms. The summed E-state index contributed by atoms with van der Waals surface area (Å²) in [6.07, 6.45) is 0.234. The number of carbonyl (C=O) groups excluding carboxylic acids is 2. The van der Waals surface area contributed by atoms with E-state index in [4.69, 9.17) is 5.11 Å². The number of carbonyl (C=O) groups is 3. The predicted octanol–water partition coefficient (Wildman–Crippen LogP) is -0.288. The molecule has 0 spiro atoms. The van der Waals surface area contributed by atoms with Crippen LogP contribution in [0.1, 0.15) is 19.8 Å². The summed E-state index contributed by atoms with van der Waals surface area (Å²) in [5.74, 6) is -1.65. The molecule has 0 aliphatic heterocycles. The standard InChI is InChI=1S/C9H16N2O5/c1-3-4-6(8(13)14)10-5-7(12)11-9(15)16-2/h6,10H,3-5H2,1-2H3,(H,13,14)(H,11,12,15). The molecule has 0 saturated carbocycles. The lowest BCUT2D eigenvalue weighted by Gasteiger charge is -2.12. The van der Waals surface area contributed by atoms with Crippen LogP contribution in [0, 0.1) is 0 Å². The number of hydrogen-bond acceptors (Lipinski definition) is 5. The molecular weight excluding hydrogens is 216 g/mol. The lowest BCUT2D eigenvalue weighted by molar-refractivity contribution is -0.139. The van der Waals surface area contributed by atoms with E-state index in [9.17, 15) is 14.4 Å². The van der Waals surface area contributed by atoms with Gasteiger partial charge < -0.3 is 9.84 Å². The highest BCUT2D eigenvalue weighted by molar-refractivity contribution is 5.93. The van der Waals surface area contributed by atoms with E-state index in [0.717, 1.165) is 7.11 Å². The number of carboxylic acids is 1. The number of nitrogens with one attached hydrogen (secondary N) is 2. The molecule has 0 heterocycles. The van der Waals surface area contributed by atoms with E-state index < -0.39 is 24.0 Å². The van der Waals surface area contributed by atoms with E-state index in [1.54, 1.807) is 0 Å². The average molecular weight is 232 g/mol. The fourth-order valence-corrected chi connectivity index (χ4v) is 1.03. The van der Waals surface area contributed by atoms with Gasteiger partial charge in [-0.3, -0.25) is 20.2 Å². The molecule has 0 aliphatic carbocycles. The van der Waals surface area contributed by atoms with E-state index in [2.05, 4.69) is 10.1 Å². The largest absolute Gasteiger partial charge is 0.480 e. The first-order valence-corrected chi connectivity index (χ1v) is 4.85. The Hall–Kier alpha value is -1.63. The van der Waals surface area contributed by atoms with Crippen LogP contribution in [0.5, 0.6) is 0 Å². The van der Waals surface area contributed by atoms with E-state index in [1.807, 2.05) is 12.2 Å². The molecule has 0 saturated heterocycles. The van der Waals surface area contributed by atoms with Gasteiger partial charge in [0.25, 0.3) is 0 Å². The number of amides is 2. The molecule has 92 valence electrons. The maximum Gasteiger partial charge on any atom is 0.413 e. The number of imide groups is 1. The molecule has 0 radical (unpaired) electrons. The van der Waals surface area contributed by atoms with Crippen molar-refractivity contribution in [1.29, 1.82) is 0 Å². The molecule has 0 bridgehead atoms. The number of alkyl carbamates (subject to hydrolysis) is 1. The summed E-state index contributed by atoms with van der Waals surface area (Å²) in [6.45, 7) is 1.60. The van der Waals surface area contributed by atoms with Gasteiger partial charge in [0.15, 0.2) is 0 Å². The molecule has 0 aromatic heterocycles. The highest BCUT2D eigenvalue weighted by atomic mass is 16.5. The second-order valence-electron chi connectivity index (χ2n) is 3.10. The third-order valence-electron chi connectivity index (χ3n) is 1.81. The van der Waals surface area contributed by atoms with Crippen molar-refractivity contribution in [3.63, 3.8) is 0 Å². The Morgan fingerprint density at radius 2 is 2.00 bits per heavy atom. The minimum absolute atomic E-state index is 0.244. The van der Waals surface area contributed by atoms with E-state index >= 15 is 0 Å². The van der Waals surface area contributed by atoms with Crippen LogP contribution in [-0.4, -0.2) is 42.8 Å². The Bertz CT molecular complexity index is 267. The summed E-state index contributed by atoms with van der Waals surface area (Å²) in [4.78, 5) is 32.4. The minimum atomic E-state index is -1.02. The third kappa shape index (κ3) is 5.97.